The molecule has 1 heterocycles. The van der Waals surface area contributed by atoms with Gasteiger partial charge in [0.15, 0.2) is 0 Å². The molecule has 0 aliphatic carbocycles. The first-order valence-electron chi connectivity index (χ1n) is 9.45. The third kappa shape index (κ3) is 4.09. The van der Waals surface area contributed by atoms with Gasteiger partial charge in [-0.2, -0.15) is 0 Å². The number of nitrogens with zero attached hydrogens (tertiary/aromatic N) is 1. The van der Waals surface area contributed by atoms with Crippen molar-refractivity contribution >= 4 is 16.8 Å². The summed E-state index contributed by atoms with van der Waals surface area (Å²) < 4.78 is 5.41. The normalized spacial score (nSPS) is 10.9. The molecular weight excluding hydrogens is 352 g/mol. The summed E-state index contributed by atoms with van der Waals surface area (Å²) in [7, 11) is 1.61. The highest BCUT2D eigenvalue weighted by Crippen LogP contribution is 2.22. The number of aromatic amines is 1. The minimum atomic E-state index is -0.161. The van der Waals surface area contributed by atoms with Gasteiger partial charge in [-0.25, -0.2) is 0 Å². The molecule has 146 valence electrons. The van der Waals surface area contributed by atoms with Crippen molar-refractivity contribution in [3.05, 3.63) is 75.1 Å². The first-order chi connectivity index (χ1) is 13.4. The maximum absolute atomic E-state index is 12.7. The second kappa shape index (κ2) is 8.30. The fourth-order valence-corrected chi connectivity index (χ4v) is 3.53. The third-order valence-corrected chi connectivity index (χ3v) is 4.96. The van der Waals surface area contributed by atoms with Gasteiger partial charge in [0.25, 0.3) is 5.56 Å². The number of pyridine rings is 1. The molecular formula is C23H26N2O3. The summed E-state index contributed by atoms with van der Waals surface area (Å²) >= 11 is 0. The fourth-order valence-electron chi connectivity index (χ4n) is 3.53. The summed E-state index contributed by atoms with van der Waals surface area (Å²) in [6.45, 7) is 6.51. The number of H-pyrrole nitrogens is 1. The van der Waals surface area contributed by atoms with Crippen LogP contribution < -0.4 is 10.3 Å². The maximum Gasteiger partial charge on any atom is 0.253 e. The van der Waals surface area contributed by atoms with Crippen LogP contribution >= 0.6 is 0 Å². The van der Waals surface area contributed by atoms with Crippen molar-refractivity contribution in [3.8, 4) is 5.75 Å². The number of rotatable bonds is 6. The molecule has 0 saturated carbocycles. The minimum absolute atomic E-state index is 0.00830. The van der Waals surface area contributed by atoms with Gasteiger partial charge < -0.3 is 14.6 Å². The number of carbonyl (C=O) groups is 1. The van der Waals surface area contributed by atoms with Crippen LogP contribution in [-0.4, -0.2) is 22.9 Å². The van der Waals surface area contributed by atoms with Crippen LogP contribution in [0.3, 0.4) is 0 Å². The van der Waals surface area contributed by atoms with Crippen LogP contribution in [0.1, 0.15) is 35.6 Å². The molecule has 28 heavy (non-hydrogen) atoms. The average molecular weight is 378 g/mol. The molecule has 3 aromatic rings. The third-order valence-electron chi connectivity index (χ3n) is 4.96. The lowest BCUT2D eigenvalue weighted by atomic mass is 10.0. The second-order valence-corrected chi connectivity index (χ2v) is 7.08. The molecule has 0 atom stereocenters. The molecule has 5 heteroatoms. The number of hydrogen-bond acceptors (Lipinski definition) is 3. The number of benzene rings is 2. The zero-order valence-corrected chi connectivity index (χ0v) is 16.8. The molecule has 0 spiro atoms. The topological polar surface area (TPSA) is 62.4 Å². The van der Waals surface area contributed by atoms with E-state index in [-0.39, 0.29) is 18.0 Å². The molecule has 1 aromatic heterocycles. The van der Waals surface area contributed by atoms with Gasteiger partial charge in [-0.15, -0.1) is 0 Å². The second-order valence-electron chi connectivity index (χ2n) is 7.08. The van der Waals surface area contributed by atoms with Crippen molar-refractivity contribution in [1.29, 1.82) is 0 Å². The van der Waals surface area contributed by atoms with Gasteiger partial charge in [0.05, 0.1) is 13.7 Å². The van der Waals surface area contributed by atoms with Crippen molar-refractivity contribution in [1.82, 2.24) is 9.88 Å². The number of aromatic nitrogens is 1. The monoisotopic (exact) mass is 378 g/mol. The number of aryl methyl sites for hydroxylation is 2. The van der Waals surface area contributed by atoms with Crippen LogP contribution in [0, 0.1) is 13.8 Å². The number of carbonyl (C=O) groups excluding carboxylic acids is 1. The molecule has 0 fully saturated rings. The Morgan fingerprint density at radius 3 is 2.50 bits per heavy atom. The van der Waals surface area contributed by atoms with E-state index in [1.165, 1.54) is 0 Å². The molecule has 3 rings (SSSR count). The Balaban J connectivity index is 1.98. The van der Waals surface area contributed by atoms with Gasteiger partial charge in [0.1, 0.15) is 5.75 Å². The number of amides is 1. The van der Waals surface area contributed by atoms with E-state index < -0.39 is 0 Å². The summed E-state index contributed by atoms with van der Waals surface area (Å²) in [5.41, 5.74) is 4.36. The number of fused-ring (bicyclic) bond motifs is 1. The first-order valence-corrected chi connectivity index (χ1v) is 9.45. The summed E-state index contributed by atoms with van der Waals surface area (Å²) in [6, 6.07) is 13.6. The Bertz CT molecular complexity index is 1070. The fraction of sp³-hybridized carbons (Fsp3) is 0.304. The highest BCUT2D eigenvalue weighted by atomic mass is 16.5. The van der Waals surface area contributed by atoms with E-state index in [9.17, 15) is 9.59 Å². The van der Waals surface area contributed by atoms with Crippen molar-refractivity contribution in [2.45, 2.75) is 40.3 Å². The lowest BCUT2D eigenvalue weighted by Crippen LogP contribution is -2.32. The summed E-state index contributed by atoms with van der Waals surface area (Å²) in [5.74, 6) is 0.723. The zero-order valence-electron chi connectivity index (χ0n) is 16.8. The molecule has 0 bridgehead atoms. The number of nitrogens with one attached hydrogen (secondary N) is 1. The molecule has 0 aliphatic heterocycles. The molecule has 0 unspecified atom stereocenters. The minimum Gasteiger partial charge on any atom is -0.496 e. The Labute approximate surface area is 165 Å². The van der Waals surface area contributed by atoms with Gasteiger partial charge >= 0.3 is 0 Å². The summed E-state index contributed by atoms with van der Waals surface area (Å²) in [4.78, 5) is 29.9. The van der Waals surface area contributed by atoms with Crippen LogP contribution in [-0.2, 0) is 17.9 Å². The van der Waals surface area contributed by atoms with E-state index in [4.69, 9.17) is 4.74 Å². The summed E-state index contributed by atoms with van der Waals surface area (Å²) in [5, 5.41) is 1.00. The SMILES string of the molecule is CCC(=O)N(Cc1ccccc1OC)Cc1cc2c(C)cc(C)cc2[nH]c1=O. The molecule has 5 nitrogen and oxygen atoms in total. The van der Waals surface area contributed by atoms with E-state index >= 15 is 0 Å². The Kier molecular flexibility index (Phi) is 5.83. The van der Waals surface area contributed by atoms with Crippen LogP contribution in [0.25, 0.3) is 10.9 Å². The number of ether oxygens (including phenoxy) is 1. The van der Waals surface area contributed by atoms with Gasteiger partial charge in [-0.3, -0.25) is 9.59 Å². The van der Waals surface area contributed by atoms with Crippen molar-refractivity contribution in [3.63, 3.8) is 0 Å². The molecule has 0 saturated heterocycles. The lowest BCUT2D eigenvalue weighted by molar-refractivity contribution is -0.132. The number of hydrogen-bond donors (Lipinski definition) is 1. The standard InChI is InChI=1S/C23H26N2O3/c1-5-22(26)25(13-17-8-6-7-9-21(17)28-4)14-18-12-19-16(3)10-15(2)11-20(19)24-23(18)27/h6-12H,5,13-14H2,1-4H3,(H,24,27). The predicted octanol–water partition coefficient (Wildman–Crippen LogP) is 4.09. The Hall–Kier alpha value is -3.08. The highest BCUT2D eigenvalue weighted by molar-refractivity contribution is 5.83. The van der Waals surface area contributed by atoms with Crippen molar-refractivity contribution < 1.29 is 9.53 Å². The van der Waals surface area contributed by atoms with Crippen LogP contribution in [0.15, 0.2) is 47.3 Å². The van der Waals surface area contributed by atoms with E-state index in [0.29, 0.717) is 18.5 Å². The molecule has 0 aliphatic rings. The average Bonchev–Trinajstić information content (AvgIpc) is 2.68. The van der Waals surface area contributed by atoms with Crippen LogP contribution in [0.4, 0.5) is 0 Å². The van der Waals surface area contributed by atoms with Gasteiger partial charge in [-0.1, -0.05) is 31.2 Å². The van der Waals surface area contributed by atoms with Crippen LogP contribution in [0.5, 0.6) is 5.75 Å². The molecule has 1 N–H and O–H groups in total. The molecule has 1 amide bonds. The van der Waals surface area contributed by atoms with Crippen LogP contribution in [0.2, 0.25) is 0 Å². The van der Waals surface area contributed by atoms with Gasteiger partial charge in [0, 0.05) is 35.0 Å². The van der Waals surface area contributed by atoms with Gasteiger partial charge in [0.2, 0.25) is 5.91 Å². The maximum atomic E-state index is 12.7. The predicted molar refractivity (Wildman–Crippen MR) is 112 cm³/mol. The summed E-state index contributed by atoms with van der Waals surface area (Å²) in [6.07, 6.45) is 0.374. The largest absolute Gasteiger partial charge is 0.496 e. The van der Waals surface area contributed by atoms with E-state index in [1.807, 2.05) is 57.2 Å². The zero-order chi connectivity index (χ0) is 20.3. The smallest absolute Gasteiger partial charge is 0.253 e. The Morgan fingerprint density at radius 1 is 1.07 bits per heavy atom. The molecule has 2 aromatic carbocycles. The van der Waals surface area contributed by atoms with Crippen molar-refractivity contribution in [2.24, 2.45) is 0 Å². The Morgan fingerprint density at radius 2 is 1.79 bits per heavy atom. The quantitative estimate of drug-likeness (QED) is 0.703. The van der Waals surface area contributed by atoms with Crippen molar-refractivity contribution in [2.75, 3.05) is 7.11 Å². The van der Waals surface area contributed by atoms with E-state index in [1.54, 1.807) is 12.0 Å². The van der Waals surface area contributed by atoms with E-state index in [2.05, 4.69) is 11.1 Å². The lowest BCUT2D eigenvalue weighted by Gasteiger charge is -2.23. The number of para-hydroxylation sites is 1. The van der Waals surface area contributed by atoms with E-state index in [0.717, 1.165) is 33.3 Å². The highest BCUT2D eigenvalue weighted by Gasteiger charge is 2.17. The first kappa shape index (κ1) is 19.7. The van der Waals surface area contributed by atoms with Gasteiger partial charge in [-0.05, 0) is 43.2 Å². The number of methoxy groups -OCH3 is 1. The molecule has 0 radical (unpaired) electrons.